The highest BCUT2D eigenvalue weighted by molar-refractivity contribution is 7.92. The second-order valence-electron chi connectivity index (χ2n) is 19.9. The number of aryl methyl sites for hydroxylation is 2. The van der Waals surface area contributed by atoms with Gasteiger partial charge in [-0.1, -0.05) is 47.5 Å². The Morgan fingerprint density at radius 2 is 1.05 bits per heavy atom. The second kappa shape index (κ2) is 26.8. The van der Waals surface area contributed by atoms with Gasteiger partial charge < -0.3 is 40.6 Å². The van der Waals surface area contributed by atoms with Crippen LogP contribution in [0.4, 0.5) is 40.3 Å². The van der Waals surface area contributed by atoms with Crippen LogP contribution in [0.3, 0.4) is 0 Å². The normalized spacial score (nSPS) is 17.7. The lowest BCUT2D eigenvalue weighted by Crippen LogP contribution is -2.49. The standard InChI is InChI=1S/C28H32ClN5O5S.C15H20N2O3.C13H13Cl2N3O2S/c1-17(2)40(36,37)25-7-5-4-6-21(25)31-27-20(29)16-30-28(33-27)32-22-15-19-18(14-24(22)38-3)8-9-23(26(19)35)34-10-12-39-13-11-34;1-19-14-8-10-2-3-13(17-4-6-20-7-5-17)15(18)11(10)9-12(14)16;1-8(2)21(19,20)11-6-4-3-5-10(11)17-12-9(14)7-16-13(15)18-12/h4-7,14-17,23H,8-13H2,1-3H3,(H2,30,31,32,33);8-9,13H,2-7,16H2,1H3;3-8H,1-2H3,(H,16,17,18). The monoisotopic (exact) mass is 1210 g/mol. The fourth-order valence-electron chi connectivity index (χ4n) is 9.72. The Bertz CT molecular complexity index is 3490. The van der Waals surface area contributed by atoms with E-state index < -0.39 is 30.2 Å². The number of hydrogen-bond donors (Lipinski definition) is 4. The summed E-state index contributed by atoms with van der Waals surface area (Å²) in [5.74, 6) is 2.15. The maximum absolute atomic E-state index is 13.5. The van der Waals surface area contributed by atoms with Crippen molar-refractivity contribution in [3.63, 3.8) is 0 Å². The molecule has 2 saturated heterocycles. The minimum Gasteiger partial charge on any atom is -0.495 e. The fourth-order valence-corrected chi connectivity index (χ4v) is 12.5. The molecule has 4 aromatic carbocycles. The first-order valence-electron chi connectivity index (χ1n) is 26.3. The maximum Gasteiger partial charge on any atom is 0.229 e. The van der Waals surface area contributed by atoms with Crippen molar-refractivity contribution in [2.24, 2.45) is 0 Å². The number of hydrogen-bond acceptors (Lipinski definition) is 20. The highest BCUT2D eigenvalue weighted by atomic mass is 35.5. The molecule has 25 heteroatoms. The van der Waals surface area contributed by atoms with Gasteiger partial charge in [0.05, 0.1) is 108 Å². The first-order valence-corrected chi connectivity index (χ1v) is 30.5. The predicted molar refractivity (Wildman–Crippen MR) is 315 cm³/mol. The van der Waals surface area contributed by atoms with E-state index in [1.54, 1.807) is 96.5 Å². The van der Waals surface area contributed by atoms with Gasteiger partial charge in [-0.05, 0) is 125 Å². The van der Waals surface area contributed by atoms with Crippen molar-refractivity contribution in [2.45, 2.75) is 85.8 Å². The lowest BCUT2D eigenvalue weighted by atomic mass is 9.85. The molecule has 0 saturated carbocycles. The minimum absolute atomic E-state index is 0.0195. The maximum atomic E-state index is 13.5. The number of halogens is 3. The molecule has 10 rings (SSSR count). The number of fused-ring (bicyclic) bond motifs is 2. The smallest absolute Gasteiger partial charge is 0.229 e. The molecule has 2 aromatic heterocycles. The van der Waals surface area contributed by atoms with Crippen molar-refractivity contribution in [1.29, 1.82) is 0 Å². The van der Waals surface area contributed by atoms with Gasteiger partial charge in [0.1, 0.15) is 21.5 Å². The van der Waals surface area contributed by atoms with Crippen molar-refractivity contribution >= 4 is 106 Å². The van der Waals surface area contributed by atoms with Crippen LogP contribution in [0.5, 0.6) is 11.5 Å². The molecule has 5 N–H and O–H groups in total. The van der Waals surface area contributed by atoms with Crippen molar-refractivity contribution < 1.29 is 45.4 Å². The molecule has 2 aliphatic heterocycles. The molecule has 2 fully saturated rings. The average molecular weight is 1210 g/mol. The van der Waals surface area contributed by atoms with E-state index in [4.69, 9.17) is 59.5 Å². The number of benzene rings is 4. The summed E-state index contributed by atoms with van der Waals surface area (Å²) in [6.45, 7) is 12.3. The van der Waals surface area contributed by atoms with Crippen molar-refractivity contribution in [3.8, 4) is 11.5 Å². The molecular formula is C56H65Cl3N10O10S2. The Hall–Kier alpha value is -6.21. The molecular weight excluding hydrogens is 1140 g/mol. The van der Waals surface area contributed by atoms with E-state index in [2.05, 4.69) is 45.7 Å². The van der Waals surface area contributed by atoms with Crippen molar-refractivity contribution in [3.05, 3.63) is 123 Å². The summed E-state index contributed by atoms with van der Waals surface area (Å²) in [6, 6.07) is 20.3. The molecule has 6 aromatic rings. The number of carbonyl (C=O) groups is 2. The number of nitrogens with two attached hydrogens (primary N) is 1. The molecule has 81 heavy (non-hydrogen) atoms. The Balaban J connectivity index is 0.000000176. The summed E-state index contributed by atoms with van der Waals surface area (Å²) in [5, 5.41) is 8.44. The van der Waals surface area contributed by atoms with Crippen LogP contribution in [-0.4, -0.2) is 148 Å². The minimum atomic E-state index is -3.56. The molecule has 4 heterocycles. The Morgan fingerprint density at radius 1 is 0.605 bits per heavy atom. The van der Waals surface area contributed by atoms with Gasteiger partial charge in [0.25, 0.3) is 0 Å². The third-order valence-corrected chi connectivity index (χ3v) is 19.4. The first kappa shape index (κ1) is 60.9. The molecule has 432 valence electrons. The van der Waals surface area contributed by atoms with Crippen LogP contribution >= 0.6 is 34.8 Å². The number of methoxy groups -OCH3 is 2. The van der Waals surface area contributed by atoms with Crippen LogP contribution in [0, 0.1) is 0 Å². The number of aromatic nitrogens is 4. The number of ketones is 2. The SMILES string of the molecule is CC(C)S(=O)(=O)c1ccccc1Nc1nc(Cl)ncc1Cl.COc1cc2c(cc1N)C(=O)C(N1CCOCC1)CC2.COc1cc2c(cc1Nc1ncc(Cl)c(Nc3ccccc3S(=O)(=O)C(C)C)n1)C(=O)C(N1CCOCC1)CC2. The third kappa shape index (κ3) is 14.2. The zero-order valence-corrected chi connectivity index (χ0v) is 49.6. The van der Waals surface area contributed by atoms with E-state index in [-0.39, 0.29) is 66.4 Å². The number of anilines is 7. The quantitative estimate of drug-likeness (QED) is 0.0584. The number of Topliss-reactive ketones (excluding diaryl/α,β-unsaturated/α-hetero) is 2. The van der Waals surface area contributed by atoms with E-state index in [1.807, 2.05) is 12.1 Å². The van der Waals surface area contributed by atoms with Gasteiger partial charge in [-0.25, -0.2) is 26.8 Å². The largest absolute Gasteiger partial charge is 0.495 e. The van der Waals surface area contributed by atoms with Crippen LogP contribution in [0.15, 0.2) is 95.0 Å². The molecule has 20 nitrogen and oxygen atoms in total. The van der Waals surface area contributed by atoms with Crippen molar-refractivity contribution in [1.82, 2.24) is 29.7 Å². The molecule has 0 amide bonds. The van der Waals surface area contributed by atoms with Gasteiger partial charge in [0.2, 0.25) is 11.2 Å². The Kier molecular flexibility index (Phi) is 20.1. The van der Waals surface area contributed by atoms with Crippen molar-refractivity contribution in [2.75, 3.05) is 88.5 Å². The van der Waals surface area contributed by atoms with Crippen LogP contribution < -0.4 is 31.2 Å². The predicted octanol–water partition coefficient (Wildman–Crippen LogP) is 9.45. The molecule has 0 bridgehead atoms. The highest BCUT2D eigenvalue weighted by Gasteiger charge is 2.35. The number of morpholine rings is 2. The lowest BCUT2D eigenvalue weighted by Gasteiger charge is -2.36. The van der Waals surface area contributed by atoms with E-state index in [1.165, 1.54) is 18.5 Å². The van der Waals surface area contributed by atoms with Gasteiger partial charge in [0, 0.05) is 37.3 Å². The molecule has 4 aliphatic rings. The number of carbonyl (C=O) groups excluding carboxylic acids is 2. The summed E-state index contributed by atoms with van der Waals surface area (Å²) < 4.78 is 72.2. The third-order valence-electron chi connectivity index (χ3n) is 14.2. The van der Waals surface area contributed by atoms with Gasteiger partial charge >= 0.3 is 0 Å². The second-order valence-corrected chi connectivity index (χ2v) is 26.0. The fraction of sp³-hybridized carbons (Fsp3) is 0.393. The number of ether oxygens (including phenoxy) is 4. The summed E-state index contributed by atoms with van der Waals surface area (Å²) in [7, 11) is -3.83. The number of para-hydroxylation sites is 2. The van der Waals surface area contributed by atoms with Crippen LogP contribution in [-0.2, 0) is 42.0 Å². The number of nitrogen functional groups attached to an aromatic ring is 1. The summed E-state index contributed by atoms with van der Waals surface area (Å²) in [6.07, 6.45) is 6.04. The topological polar surface area (TPSA) is 259 Å². The van der Waals surface area contributed by atoms with Crippen LogP contribution in [0.25, 0.3) is 0 Å². The van der Waals surface area contributed by atoms with E-state index in [0.29, 0.717) is 66.2 Å². The zero-order valence-electron chi connectivity index (χ0n) is 45.7. The number of nitrogens with zero attached hydrogens (tertiary/aromatic N) is 6. The lowest BCUT2D eigenvalue weighted by molar-refractivity contribution is 0.0150. The van der Waals surface area contributed by atoms with Crippen LogP contribution in [0.1, 0.15) is 72.4 Å². The van der Waals surface area contributed by atoms with E-state index in [0.717, 1.165) is 68.6 Å². The number of nitrogens with one attached hydrogen (secondary N) is 3. The van der Waals surface area contributed by atoms with Gasteiger partial charge in [-0.15, -0.1) is 0 Å². The Labute approximate surface area is 487 Å². The molecule has 2 atom stereocenters. The van der Waals surface area contributed by atoms with Crippen LogP contribution in [0.2, 0.25) is 15.3 Å². The number of rotatable bonds is 14. The van der Waals surface area contributed by atoms with Gasteiger partial charge in [0.15, 0.2) is 42.9 Å². The zero-order chi connectivity index (χ0) is 58.2. The summed E-state index contributed by atoms with van der Waals surface area (Å²) in [4.78, 5) is 47.5. The molecule has 0 spiro atoms. The van der Waals surface area contributed by atoms with Gasteiger partial charge in [-0.2, -0.15) is 9.97 Å². The summed E-state index contributed by atoms with van der Waals surface area (Å²) in [5.41, 5.74) is 11.1. The Morgan fingerprint density at radius 3 is 1.53 bits per heavy atom. The van der Waals surface area contributed by atoms with E-state index in [9.17, 15) is 26.4 Å². The number of sulfone groups is 2. The molecule has 0 radical (unpaired) electrons. The molecule has 2 unspecified atom stereocenters. The average Bonchev–Trinajstić information content (AvgIpc) is 3.53. The summed E-state index contributed by atoms with van der Waals surface area (Å²) >= 11 is 18.1. The van der Waals surface area contributed by atoms with E-state index >= 15 is 0 Å². The highest BCUT2D eigenvalue weighted by Crippen LogP contribution is 2.38. The first-order chi connectivity index (χ1) is 38.7. The van der Waals surface area contributed by atoms with Gasteiger partial charge in [-0.3, -0.25) is 19.4 Å². The molecule has 2 aliphatic carbocycles.